The van der Waals surface area contributed by atoms with Crippen LogP contribution in [0.1, 0.15) is 56.9 Å². The average Bonchev–Trinajstić information content (AvgIpc) is 3.30. The molecule has 6 heteroatoms. The first kappa shape index (κ1) is 27.5. The molecule has 192 valence electrons. The maximum Gasteiger partial charge on any atom is 0.242 e. The van der Waals surface area contributed by atoms with Gasteiger partial charge in [-0.2, -0.15) is 0 Å². The van der Waals surface area contributed by atoms with Crippen LogP contribution in [0.5, 0.6) is 0 Å². The van der Waals surface area contributed by atoms with Crippen molar-refractivity contribution >= 4 is 23.4 Å². The Labute approximate surface area is 220 Å². The normalized spacial score (nSPS) is 11.9. The molecule has 3 aromatic rings. The van der Waals surface area contributed by atoms with E-state index < -0.39 is 0 Å². The number of nitrogens with zero attached hydrogens (tertiary/aromatic N) is 3. The standard InChI is InChI=1S/C30H38ClN3O2/c1-5-27(24-13-8-7-9-14-24)30(36)32(6-2)22-29(35)34(19-23(3)4)21-26-16-12-18-33(26)20-25-15-10-11-17-28(25)31/h7-18,23,27H,5-6,19-22H2,1-4H3. The van der Waals surface area contributed by atoms with Crippen LogP contribution in [0.3, 0.4) is 0 Å². The number of amides is 2. The van der Waals surface area contributed by atoms with Gasteiger partial charge in [-0.15, -0.1) is 0 Å². The number of benzene rings is 2. The van der Waals surface area contributed by atoms with Gasteiger partial charge in [0.1, 0.15) is 0 Å². The fourth-order valence-electron chi connectivity index (χ4n) is 4.52. The lowest BCUT2D eigenvalue weighted by atomic mass is 9.95. The lowest BCUT2D eigenvalue weighted by molar-refractivity contribution is -0.142. The van der Waals surface area contributed by atoms with Crippen molar-refractivity contribution in [3.63, 3.8) is 0 Å². The molecule has 1 aromatic heterocycles. The van der Waals surface area contributed by atoms with Crippen molar-refractivity contribution in [3.05, 3.63) is 94.8 Å². The zero-order valence-corrected chi connectivity index (χ0v) is 22.6. The van der Waals surface area contributed by atoms with Gasteiger partial charge in [0, 0.05) is 36.5 Å². The number of likely N-dealkylation sites (N-methyl/N-ethyl adjacent to an activating group) is 1. The third-order valence-electron chi connectivity index (χ3n) is 6.44. The minimum absolute atomic E-state index is 0.00569. The molecule has 5 nitrogen and oxygen atoms in total. The predicted octanol–water partition coefficient (Wildman–Crippen LogP) is 6.22. The SMILES string of the molecule is CCC(C(=O)N(CC)CC(=O)N(Cc1cccn1Cc1ccccc1Cl)CC(C)C)c1ccccc1. The zero-order valence-electron chi connectivity index (χ0n) is 21.9. The molecule has 0 radical (unpaired) electrons. The quantitative estimate of drug-likeness (QED) is 0.292. The van der Waals surface area contributed by atoms with E-state index in [0.717, 1.165) is 21.8 Å². The molecule has 0 saturated heterocycles. The Morgan fingerprint density at radius 2 is 1.61 bits per heavy atom. The van der Waals surface area contributed by atoms with E-state index in [-0.39, 0.29) is 24.3 Å². The van der Waals surface area contributed by atoms with Gasteiger partial charge in [-0.25, -0.2) is 0 Å². The van der Waals surface area contributed by atoms with Gasteiger partial charge in [0.05, 0.1) is 19.0 Å². The van der Waals surface area contributed by atoms with Crippen molar-refractivity contribution in [2.75, 3.05) is 19.6 Å². The molecule has 0 bridgehead atoms. The summed E-state index contributed by atoms with van der Waals surface area (Å²) in [5.41, 5.74) is 3.06. The summed E-state index contributed by atoms with van der Waals surface area (Å²) in [6.07, 6.45) is 2.71. The maximum absolute atomic E-state index is 13.6. The van der Waals surface area contributed by atoms with E-state index in [9.17, 15) is 9.59 Å². The molecule has 3 rings (SSSR count). The fourth-order valence-corrected chi connectivity index (χ4v) is 4.71. The van der Waals surface area contributed by atoms with E-state index in [1.165, 1.54) is 0 Å². The summed E-state index contributed by atoms with van der Waals surface area (Å²) < 4.78 is 2.13. The average molecular weight is 508 g/mol. The van der Waals surface area contributed by atoms with Crippen molar-refractivity contribution in [3.8, 4) is 0 Å². The molecule has 36 heavy (non-hydrogen) atoms. The van der Waals surface area contributed by atoms with Gasteiger partial charge in [0.2, 0.25) is 11.8 Å². The Morgan fingerprint density at radius 3 is 2.25 bits per heavy atom. The molecule has 2 amide bonds. The van der Waals surface area contributed by atoms with Crippen molar-refractivity contribution in [2.24, 2.45) is 5.92 Å². The van der Waals surface area contributed by atoms with E-state index in [1.54, 1.807) is 4.90 Å². The molecule has 0 saturated carbocycles. The largest absolute Gasteiger partial charge is 0.345 e. The molecular formula is C30H38ClN3O2. The van der Waals surface area contributed by atoms with E-state index in [4.69, 9.17) is 11.6 Å². The van der Waals surface area contributed by atoms with Gasteiger partial charge in [0.15, 0.2) is 0 Å². The summed E-state index contributed by atoms with van der Waals surface area (Å²) in [5.74, 6) is 0.0308. The Balaban J connectivity index is 1.75. The molecule has 0 aliphatic rings. The van der Waals surface area contributed by atoms with Gasteiger partial charge in [-0.1, -0.05) is 80.9 Å². The van der Waals surface area contributed by atoms with E-state index in [1.807, 2.05) is 91.7 Å². The second-order valence-corrected chi connectivity index (χ2v) is 10.0. The maximum atomic E-state index is 13.6. The van der Waals surface area contributed by atoms with Crippen LogP contribution < -0.4 is 0 Å². The minimum Gasteiger partial charge on any atom is -0.345 e. The smallest absolute Gasteiger partial charge is 0.242 e. The lowest BCUT2D eigenvalue weighted by Gasteiger charge is -2.30. The number of carbonyl (C=O) groups is 2. The number of halogens is 1. The number of aromatic nitrogens is 1. The number of carbonyl (C=O) groups excluding carboxylic acids is 2. The Kier molecular flexibility index (Phi) is 10.2. The summed E-state index contributed by atoms with van der Waals surface area (Å²) in [4.78, 5) is 30.6. The van der Waals surface area contributed by atoms with Crippen molar-refractivity contribution in [1.82, 2.24) is 14.4 Å². The summed E-state index contributed by atoms with van der Waals surface area (Å²) in [6.45, 7) is 10.5. The van der Waals surface area contributed by atoms with Crippen LogP contribution >= 0.6 is 11.6 Å². The Hall–Kier alpha value is -3.05. The molecule has 0 aliphatic carbocycles. The number of rotatable bonds is 12. The van der Waals surface area contributed by atoms with Gasteiger partial charge in [-0.3, -0.25) is 9.59 Å². The van der Waals surface area contributed by atoms with Crippen LogP contribution in [-0.2, 0) is 22.7 Å². The second-order valence-electron chi connectivity index (χ2n) is 9.61. The topological polar surface area (TPSA) is 45.6 Å². The van der Waals surface area contributed by atoms with Crippen LogP contribution in [-0.4, -0.2) is 45.8 Å². The highest BCUT2D eigenvalue weighted by Gasteiger charge is 2.27. The third-order valence-corrected chi connectivity index (χ3v) is 6.81. The Bertz CT molecular complexity index is 1130. The van der Waals surface area contributed by atoms with Crippen LogP contribution in [0, 0.1) is 5.92 Å². The molecule has 1 heterocycles. The van der Waals surface area contributed by atoms with Crippen molar-refractivity contribution in [1.29, 1.82) is 0 Å². The molecule has 0 aliphatic heterocycles. The highest BCUT2D eigenvalue weighted by atomic mass is 35.5. The lowest BCUT2D eigenvalue weighted by Crippen LogP contribution is -2.45. The summed E-state index contributed by atoms with van der Waals surface area (Å²) >= 11 is 6.39. The van der Waals surface area contributed by atoms with Crippen LogP contribution in [0.4, 0.5) is 0 Å². The van der Waals surface area contributed by atoms with E-state index >= 15 is 0 Å². The van der Waals surface area contributed by atoms with Gasteiger partial charge < -0.3 is 14.4 Å². The molecule has 0 spiro atoms. The molecule has 2 aromatic carbocycles. The first-order valence-electron chi connectivity index (χ1n) is 12.8. The van der Waals surface area contributed by atoms with Gasteiger partial charge >= 0.3 is 0 Å². The second kappa shape index (κ2) is 13.3. The Morgan fingerprint density at radius 1 is 0.917 bits per heavy atom. The monoisotopic (exact) mass is 507 g/mol. The molecule has 0 N–H and O–H groups in total. The van der Waals surface area contributed by atoms with Gasteiger partial charge in [-0.05, 0) is 48.6 Å². The van der Waals surface area contributed by atoms with E-state index in [0.29, 0.717) is 38.5 Å². The minimum atomic E-state index is -0.245. The van der Waals surface area contributed by atoms with Crippen molar-refractivity contribution in [2.45, 2.75) is 53.1 Å². The molecule has 0 fully saturated rings. The number of hydrogen-bond donors (Lipinski definition) is 0. The predicted molar refractivity (Wildman–Crippen MR) is 147 cm³/mol. The van der Waals surface area contributed by atoms with Crippen LogP contribution in [0.2, 0.25) is 5.02 Å². The third kappa shape index (κ3) is 7.23. The van der Waals surface area contributed by atoms with Gasteiger partial charge in [0.25, 0.3) is 0 Å². The highest BCUT2D eigenvalue weighted by molar-refractivity contribution is 6.31. The molecule has 1 unspecified atom stereocenters. The molecule has 1 atom stereocenters. The summed E-state index contributed by atoms with van der Waals surface area (Å²) in [6, 6.07) is 21.7. The fraction of sp³-hybridized carbons (Fsp3) is 0.400. The van der Waals surface area contributed by atoms with E-state index in [2.05, 4.69) is 18.4 Å². The highest BCUT2D eigenvalue weighted by Crippen LogP contribution is 2.23. The van der Waals surface area contributed by atoms with Crippen LogP contribution in [0.15, 0.2) is 72.9 Å². The first-order chi connectivity index (χ1) is 17.3. The first-order valence-corrected chi connectivity index (χ1v) is 13.2. The molecular weight excluding hydrogens is 470 g/mol. The number of hydrogen-bond acceptors (Lipinski definition) is 2. The summed E-state index contributed by atoms with van der Waals surface area (Å²) in [5, 5.41) is 0.730. The van der Waals surface area contributed by atoms with Crippen molar-refractivity contribution < 1.29 is 9.59 Å². The van der Waals surface area contributed by atoms with Crippen LogP contribution in [0.25, 0.3) is 0 Å². The summed E-state index contributed by atoms with van der Waals surface area (Å²) in [7, 11) is 0. The zero-order chi connectivity index (χ0) is 26.1.